The number of rotatable bonds is 4. The van der Waals surface area contributed by atoms with E-state index in [0.29, 0.717) is 11.8 Å². The fourth-order valence-corrected chi connectivity index (χ4v) is 4.15. The van der Waals surface area contributed by atoms with E-state index in [1.807, 2.05) is 0 Å². The van der Waals surface area contributed by atoms with Crippen molar-refractivity contribution >= 4 is 16.1 Å². The molecule has 2 rings (SSSR count). The van der Waals surface area contributed by atoms with Crippen LogP contribution in [0.25, 0.3) is 0 Å². The Morgan fingerprint density at radius 3 is 2.84 bits per heavy atom. The maximum atomic E-state index is 12.3. The SMILES string of the molecule is C[C@@H]1CC2CCCC(C(=O)OCCS(=O)(=O)O)(C2)C1. The molecule has 1 N–H and O–H groups in total. The molecule has 2 aliphatic carbocycles. The van der Waals surface area contributed by atoms with Crippen molar-refractivity contribution in [1.29, 1.82) is 0 Å². The average Bonchev–Trinajstić information content (AvgIpc) is 2.26. The predicted octanol–water partition coefficient (Wildman–Crippen LogP) is 2.02. The van der Waals surface area contributed by atoms with E-state index in [1.54, 1.807) is 0 Å². The fraction of sp³-hybridized carbons (Fsp3) is 0.923. The number of hydrogen-bond donors (Lipinski definition) is 1. The van der Waals surface area contributed by atoms with Crippen LogP contribution >= 0.6 is 0 Å². The van der Waals surface area contributed by atoms with Gasteiger partial charge in [-0.3, -0.25) is 9.35 Å². The zero-order valence-corrected chi connectivity index (χ0v) is 12.1. The van der Waals surface area contributed by atoms with E-state index in [0.717, 1.165) is 25.7 Å². The van der Waals surface area contributed by atoms with Gasteiger partial charge in [-0.05, 0) is 37.5 Å². The van der Waals surface area contributed by atoms with Crippen molar-refractivity contribution in [1.82, 2.24) is 0 Å². The molecule has 0 aliphatic heterocycles. The molecule has 19 heavy (non-hydrogen) atoms. The third kappa shape index (κ3) is 3.69. The molecular formula is C13H22O5S. The monoisotopic (exact) mass is 290 g/mol. The van der Waals surface area contributed by atoms with Crippen LogP contribution in [0, 0.1) is 17.3 Å². The number of esters is 1. The Morgan fingerprint density at radius 2 is 2.16 bits per heavy atom. The summed E-state index contributed by atoms with van der Waals surface area (Å²) in [6.45, 7) is 1.91. The molecule has 0 saturated heterocycles. The van der Waals surface area contributed by atoms with Crippen molar-refractivity contribution in [3.05, 3.63) is 0 Å². The summed E-state index contributed by atoms with van der Waals surface area (Å²) >= 11 is 0. The van der Waals surface area contributed by atoms with E-state index >= 15 is 0 Å². The Balaban J connectivity index is 1.96. The van der Waals surface area contributed by atoms with Gasteiger partial charge in [-0.1, -0.05) is 19.8 Å². The first-order valence-corrected chi connectivity index (χ1v) is 8.54. The van der Waals surface area contributed by atoms with Crippen LogP contribution in [0.1, 0.15) is 45.4 Å². The molecule has 2 unspecified atom stereocenters. The van der Waals surface area contributed by atoms with Crippen LogP contribution in [0.4, 0.5) is 0 Å². The van der Waals surface area contributed by atoms with Gasteiger partial charge in [0.25, 0.3) is 10.1 Å². The minimum Gasteiger partial charge on any atom is -0.464 e. The molecule has 110 valence electrons. The maximum absolute atomic E-state index is 12.3. The Kier molecular flexibility index (Phi) is 4.20. The highest BCUT2D eigenvalue weighted by Gasteiger charge is 2.48. The van der Waals surface area contributed by atoms with Crippen LogP contribution in [0.3, 0.4) is 0 Å². The quantitative estimate of drug-likeness (QED) is 0.633. The van der Waals surface area contributed by atoms with Crippen LogP contribution < -0.4 is 0 Å². The Labute approximate surface area is 114 Å². The van der Waals surface area contributed by atoms with Crippen molar-refractivity contribution in [2.24, 2.45) is 17.3 Å². The highest BCUT2D eigenvalue weighted by molar-refractivity contribution is 7.85. The second-order valence-corrected chi connectivity index (χ2v) is 7.78. The van der Waals surface area contributed by atoms with Crippen LogP contribution in [-0.2, 0) is 19.6 Å². The number of fused-ring (bicyclic) bond motifs is 2. The van der Waals surface area contributed by atoms with Gasteiger partial charge in [0.2, 0.25) is 0 Å². The topological polar surface area (TPSA) is 80.7 Å². The Morgan fingerprint density at radius 1 is 1.42 bits per heavy atom. The molecule has 0 spiro atoms. The first-order chi connectivity index (χ1) is 8.81. The zero-order valence-electron chi connectivity index (χ0n) is 11.3. The molecule has 2 bridgehead atoms. The molecule has 2 fully saturated rings. The highest BCUT2D eigenvalue weighted by Crippen LogP contribution is 2.51. The predicted molar refractivity (Wildman–Crippen MR) is 70.2 cm³/mol. The average molecular weight is 290 g/mol. The van der Waals surface area contributed by atoms with Crippen LogP contribution in [0.2, 0.25) is 0 Å². The summed E-state index contributed by atoms with van der Waals surface area (Å²) in [6.07, 6.45) is 5.98. The van der Waals surface area contributed by atoms with E-state index in [-0.39, 0.29) is 12.6 Å². The number of hydrogen-bond acceptors (Lipinski definition) is 4. The van der Waals surface area contributed by atoms with Gasteiger partial charge in [0.1, 0.15) is 12.4 Å². The van der Waals surface area contributed by atoms with Gasteiger partial charge < -0.3 is 4.74 Å². The highest BCUT2D eigenvalue weighted by atomic mass is 32.2. The lowest BCUT2D eigenvalue weighted by Gasteiger charge is -2.45. The number of ether oxygens (including phenoxy) is 1. The zero-order chi connectivity index (χ0) is 14.1. The number of carbonyl (C=O) groups is 1. The van der Waals surface area contributed by atoms with Crippen molar-refractivity contribution in [2.45, 2.75) is 45.4 Å². The molecule has 2 aliphatic rings. The van der Waals surface area contributed by atoms with Crippen LogP contribution in [-0.4, -0.2) is 31.3 Å². The molecule has 0 aromatic carbocycles. The van der Waals surface area contributed by atoms with Gasteiger partial charge in [-0.15, -0.1) is 0 Å². The van der Waals surface area contributed by atoms with Crippen molar-refractivity contribution in [2.75, 3.05) is 12.4 Å². The van der Waals surface area contributed by atoms with Crippen molar-refractivity contribution in [3.8, 4) is 0 Å². The minimum absolute atomic E-state index is 0.252. The second-order valence-electron chi connectivity index (χ2n) is 6.21. The summed E-state index contributed by atoms with van der Waals surface area (Å²) in [7, 11) is -4.06. The number of carbonyl (C=O) groups excluding carboxylic acids is 1. The first-order valence-electron chi connectivity index (χ1n) is 6.93. The molecule has 0 heterocycles. The van der Waals surface area contributed by atoms with E-state index in [2.05, 4.69) is 6.92 Å². The smallest absolute Gasteiger partial charge is 0.312 e. The third-order valence-electron chi connectivity index (χ3n) is 4.43. The lowest BCUT2D eigenvalue weighted by atomic mass is 9.59. The molecule has 0 radical (unpaired) electrons. The summed E-state index contributed by atoms with van der Waals surface area (Å²) in [5, 5.41) is 0. The van der Waals surface area contributed by atoms with E-state index in [9.17, 15) is 13.2 Å². The van der Waals surface area contributed by atoms with Gasteiger partial charge >= 0.3 is 5.97 Å². The molecule has 0 aromatic heterocycles. The van der Waals surface area contributed by atoms with E-state index < -0.39 is 21.3 Å². The van der Waals surface area contributed by atoms with Gasteiger partial charge in [0, 0.05) is 0 Å². The minimum atomic E-state index is -4.06. The van der Waals surface area contributed by atoms with E-state index in [4.69, 9.17) is 9.29 Å². The Bertz CT molecular complexity index is 440. The first kappa shape index (κ1) is 14.8. The Hall–Kier alpha value is -0.620. The summed E-state index contributed by atoms with van der Waals surface area (Å²) < 4.78 is 35.0. The normalized spacial score (nSPS) is 34.8. The van der Waals surface area contributed by atoms with Crippen LogP contribution in [0.15, 0.2) is 0 Å². The fourth-order valence-electron chi connectivity index (χ4n) is 3.85. The van der Waals surface area contributed by atoms with Crippen LogP contribution in [0.5, 0.6) is 0 Å². The molecule has 2 saturated carbocycles. The third-order valence-corrected chi connectivity index (χ3v) is 5.11. The van der Waals surface area contributed by atoms with E-state index in [1.165, 1.54) is 12.8 Å². The van der Waals surface area contributed by atoms with Crippen molar-refractivity contribution < 1.29 is 22.5 Å². The lowest BCUT2D eigenvalue weighted by molar-refractivity contribution is -0.162. The maximum Gasteiger partial charge on any atom is 0.312 e. The standard InChI is InChI=1S/C13H22O5S/c1-10-7-11-3-2-4-13(8-10,9-11)12(14)18-5-6-19(15,16)17/h10-11H,2-9H2,1H3,(H,15,16,17)/t10-,11?,13?/m1/s1. The summed E-state index contributed by atoms with van der Waals surface area (Å²) in [4.78, 5) is 12.3. The molecule has 3 atom stereocenters. The van der Waals surface area contributed by atoms with Crippen molar-refractivity contribution in [3.63, 3.8) is 0 Å². The molecular weight excluding hydrogens is 268 g/mol. The summed E-state index contributed by atoms with van der Waals surface area (Å²) in [5.74, 6) is 0.334. The lowest BCUT2D eigenvalue weighted by Crippen LogP contribution is -2.43. The second kappa shape index (κ2) is 5.40. The molecule has 0 aromatic rings. The van der Waals surface area contributed by atoms with Gasteiger partial charge in [-0.25, -0.2) is 0 Å². The summed E-state index contributed by atoms with van der Waals surface area (Å²) in [5.41, 5.74) is -0.403. The van der Waals surface area contributed by atoms with Gasteiger partial charge in [-0.2, -0.15) is 8.42 Å². The molecule has 0 amide bonds. The van der Waals surface area contributed by atoms with Gasteiger partial charge in [0.05, 0.1) is 5.41 Å². The molecule has 6 heteroatoms. The van der Waals surface area contributed by atoms with Gasteiger partial charge in [0.15, 0.2) is 0 Å². The molecule has 5 nitrogen and oxygen atoms in total. The summed E-state index contributed by atoms with van der Waals surface area (Å²) in [6, 6.07) is 0. The largest absolute Gasteiger partial charge is 0.464 e.